The average molecular weight is 356 g/mol. The van der Waals surface area contributed by atoms with Crippen LogP contribution in [-0.4, -0.2) is 18.6 Å². The predicted octanol–water partition coefficient (Wildman–Crippen LogP) is 4.21. The van der Waals surface area contributed by atoms with Crippen LogP contribution >= 0.6 is 27.5 Å². The van der Waals surface area contributed by atoms with Gasteiger partial charge in [0.05, 0.1) is 19.3 Å². The maximum Gasteiger partial charge on any atom is 0.137 e. The smallest absolute Gasteiger partial charge is 0.137 e. The summed E-state index contributed by atoms with van der Waals surface area (Å²) >= 11 is 9.62. The molecular formula is C15H16BrClN2O. The summed E-state index contributed by atoms with van der Waals surface area (Å²) in [6, 6.07) is 7.89. The topological polar surface area (TPSA) is 34.2 Å². The Morgan fingerprint density at radius 3 is 2.70 bits per heavy atom. The van der Waals surface area contributed by atoms with Crippen molar-refractivity contribution in [3.05, 3.63) is 57.3 Å². The van der Waals surface area contributed by atoms with Crippen molar-refractivity contribution in [2.75, 3.05) is 13.7 Å². The van der Waals surface area contributed by atoms with E-state index in [1.807, 2.05) is 24.4 Å². The van der Waals surface area contributed by atoms with E-state index in [1.165, 1.54) is 0 Å². The number of nitrogens with one attached hydrogen (secondary N) is 1. The fourth-order valence-corrected chi connectivity index (χ4v) is 2.97. The van der Waals surface area contributed by atoms with E-state index in [4.69, 9.17) is 16.3 Å². The van der Waals surface area contributed by atoms with E-state index < -0.39 is 0 Å². The molecular weight excluding hydrogens is 340 g/mol. The summed E-state index contributed by atoms with van der Waals surface area (Å²) < 4.78 is 6.20. The first-order valence-electron chi connectivity index (χ1n) is 6.32. The number of halogens is 2. The highest BCUT2D eigenvalue weighted by Crippen LogP contribution is 2.29. The molecule has 1 unspecified atom stereocenters. The molecule has 0 aliphatic heterocycles. The SMILES string of the molecule is CCNC(c1cc(Cl)cc(Br)c1)c1cncc(OC)c1. The fourth-order valence-electron chi connectivity index (χ4n) is 2.08. The lowest BCUT2D eigenvalue weighted by molar-refractivity contribution is 0.411. The molecule has 1 aromatic carbocycles. The molecule has 106 valence electrons. The summed E-state index contributed by atoms with van der Waals surface area (Å²) in [4.78, 5) is 4.22. The molecule has 0 aliphatic rings. The number of ether oxygens (including phenoxy) is 1. The van der Waals surface area contributed by atoms with E-state index in [9.17, 15) is 0 Å². The Bertz CT molecular complexity index is 572. The lowest BCUT2D eigenvalue weighted by Crippen LogP contribution is -2.22. The van der Waals surface area contributed by atoms with Gasteiger partial charge in [-0.25, -0.2) is 0 Å². The van der Waals surface area contributed by atoms with E-state index >= 15 is 0 Å². The molecule has 2 rings (SSSR count). The summed E-state index contributed by atoms with van der Waals surface area (Å²) in [7, 11) is 1.64. The number of rotatable bonds is 5. The van der Waals surface area contributed by atoms with Gasteiger partial charge < -0.3 is 10.1 Å². The van der Waals surface area contributed by atoms with Gasteiger partial charge in [0.1, 0.15) is 5.75 Å². The van der Waals surface area contributed by atoms with Gasteiger partial charge >= 0.3 is 0 Å². The normalized spacial score (nSPS) is 12.2. The number of methoxy groups -OCH3 is 1. The minimum atomic E-state index is 0.0256. The standard InChI is InChI=1S/C15H16BrClN2O/c1-3-19-15(10-4-12(16)7-13(17)5-10)11-6-14(20-2)9-18-8-11/h4-9,15,19H,3H2,1-2H3. The summed E-state index contributed by atoms with van der Waals surface area (Å²) in [5, 5.41) is 4.15. The van der Waals surface area contributed by atoms with E-state index in [0.29, 0.717) is 5.02 Å². The van der Waals surface area contributed by atoms with Gasteiger partial charge in [0, 0.05) is 15.7 Å². The predicted molar refractivity (Wildman–Crippen MR) is 85.5 cm³/mol. The van der Waals surface area contributed by atoms with E-state index in [2.05, 4.69) is 39.2 Å². The van der Waals surface area contributed by atoms with Crippen LogP contribution in [0.25, 0.3) is 0 Å². The molecule has 0 saturated carbocycles. The van der Waals surface area contributed by atoms with Crippen LogP contribution in [0.5, 0.6) is 5.75 Å². The first kappa shape index (κ1) is 15.3. The maximum absolute atomic E-state index is 6.14. The molecule has 3 nitrogen and oxygen atoms in total. The third-order valence-electron chi connectivity index (χ3n) is 2.93. The van der Waals surface area contributed by atoms with Crippen molar-refractivity contribution in [2.24, 2.45) is 0 Å². The van der Waals surface area contributed by atoms with Gasteiger partial charge in [-0.05, 0) is 41.9 Å². The van der Waals surface area contributed by atoms with Crippen LogP contribution in [0.2, 0.25) is 5.02 Å². The van der Waals surface area contributed by atoms with Crippen molar-refractivity contribution in [1.82, 2.24) is 10.3 Å². The second-order valence-corrected chi connectivity index (χ2v) is 5.70. The van der Waals surface area contributed by atoms with E-state index in [0.717, 1.165) is 27.9 Å². The molecule has 0 radical (unpaired) electrons. The van der Waals surface area contributed by atoms with Gasteiger partial charge in [0.15, 0.2) is 0 Å². The highest BCUT2D eigenvalue weighted by molar-refractivity contribution is 9.10. The zero-order valence-electron chi connectivity index (χ0n) is 11.4. The Hall–Kier alpha value is -1.10. The summed E-state index contributed by atoms with van der Waals surface area (Å²) in [6.07, 6.45) is 3.53. The van der Waals surface area contributed by atoms with Gasteiger partial charge in [-0.3, -0.25) is 4.98 Å². The zero-order chi connectivity index (χ0) is 14.5. The molecule has 1 atom stereocenters. The van der Waals surface area contributed by atoms with Gasteiger partial charge in [-0.1, -0.05) is 34.5 Å². The minimum Gasteiger partial charge on any atom is -0.495 e. The molecule has 1 heterocycles. The van der Waals surface area contributed by atoms with Crippen LogP contribution in [0, 0.1) is 0 Å². The molecule has 0 aliphatic carbocycles. The largest absolute Gasteiger partial charge is 0.495 e. The quantitative estimate of drug-likeness (QED) is 0.872. The Morgan fingerprint density at radius 2 is 2.05 bits per heavy atom. The van der Waals surface area contributed by atoms with Crippen molar-refractivity contribution < 1.29 is 4.74 Å². The van der Waals surface area contributed by atoms with Crippen LogP contribution in [0.15, 0.2) is 41.1 Å². The third kappa shape index (κ3) is 3.72. The Balaban J connectivity index is 2.43. The van der Waals surface area contributed by atoms with Crippen molar-refractivity contribution in [2.45, 2.75) is 13.0 Å². The van der Waals surface area contributed by atoms with Crippen LogP contribution in [0.4, 0.5) is 0 Å². The van der Waals surface area contributed by atoms with Gasteiger partial charge in [-0.15, -0.1) is 0 Å². The number of hydrogen-bond acceptors (Lipinski definition) is 3. The van der Waals surface area contributed by atoms with Crippen LogP contribution < -0.4 is 10.1 Å². The van der Waals surface area contributed by atoms with Crippen molar-refractivity contribution in [1.29, 1.82) is 0 Å². The van der Waals surface area contributed by atoms with Gasteiger partial charge in [0.2, 0.25) is 0 Å². The molecule has 5 heteroatoms. The van der Waals surface area contributed by atoms with Crippen molar-refractivity contribution in [3.8, 4) is 5.75 Å². The second-order valence-electron chi connectivity index (χ2n) is 4.35. The molecule has 0 amide bonds. The molecule has 0 saturated heterocycles. The van der Waals surface area contributed by atoms with E-state index in [1.54, 1.807) is 13.3 Å². The fraction of sp³-hybridized carbons (Fsp3) is 0.267. The average Bonchev–Trinajstić information content (AvgIpc) is 2.43. The number of nitrogens with zero attached hydrogens (tertiary/aromatic N) is 1. The summed E-state index contributed by atoms with van der Waals surface area (Å²) in [5.74, 6) is 0.742. The second kappa shape index (κ2) is 7.07. The van der Waals surface area contributed by atoms with Crippen LogP contribution in [0.3, 0.4) is 0 Å². The lowest BCUT2D eigenvalue weighted by atomic mass is 10.00. The minimum absolute atomic E-state index is 0.0256. The molecule has 0 spiro atoms. The molecule has 20 heavy (non-hydrogen) atoms. The van der Waals surface area contributed by atoms with Crippen molar-refractivity contribution >= 4 is 27.5 Å². The lowest BCUT2D eigenvalue weighted by Gasteiger charge is -2.19. The zero-order valence-corrected chi connectivity index (χ0v) is 13.7. The van der Waals surface area contributed by atoms with Gasteiger partial charge in [-0.2, -0.15) is 0 Å². The summed E-state index contributed by atoms with van der Waals surface area (Å²) in [5.41, 5.74) is 2.13. The molecule has 1 aromatic heterocycles. The van der Waals surface area contributed by atoms with E-state index in [-0.39, 0.29) is 6.04 Å². The molecule has 1 N–H and O–H groups in total. The Kier molecular flexibility index (Phi) is 5.40. The first-order chi connectivity index (χ1) is 9.63. The number of aromatic nitrogens is 1. The maximum atomic E-state index is 6.14. The Morgan fingerprint density at radius 1 is 1.25 bits per heavy atom. The first-order valence-corrected chi connectivity index (χ1v) is 7.49. The highest BCUT2D eigenvalue weighted by Gasteiger charge is 2.15. The Labute approximate surface area is 132 Å². The number of hydrogen-bond donors (Lipinski definition) is 1. The molecule has 0 fully saturated rings. The molecule has 0 bridgehead atoms. The third-order valence-corrected chi connectivity index (χ3v) is 3.61. The van der Waals surface area contributed by atoms with Gasteiger partial charge in [0.25, 0.3) is 0 Å². The highest BCUT2D eigenvalue weighted by atomic mass is 79.9. The monoisotopic (exact) mass is 354 g/mol. The number of benzene rings is 1. The van der Waals surface area contributed by atoms with Crippen molar-refractivity contribution in [3.63, 3.8) is 0 Å². The molecule has 2 aromatic rings. The van der Waals surface area contributed by atoms with Crippen LogP contribution in [-0.2, 0) is 0 Å². The number of pyridine rings is 1. The summed E-state index contributed by atoms with van der Waals surface area (Å²) in [6.45, 7) is 2.91. The van der Waals surface area contributed by atoms with Crippen LogP contribution in [0.1, 0.15) is 24.1 Å².